The molecule has 0 saturated carbocycles. The maximum absolute atomic E-state index is 14.0. The molecule has 1 aromatic carbocycles. The van der Waals surface area contributed by atoms with Gasteiger partial charge in [-0.3, -0.25) is 0 Å². The molecule has 0 fully saturated rings. The maximum atomic E-state index is 14.0. The minimum absolute atomic E-state index is 0.00661. The molecule has 0 radical (unpaired) electrons. The fourth-order valence-corrected chi connectivity index (χ4v) is 1.80. The Balaban J connectivity index is 3.04. The van der Waals surface area contributed by atoms with Crippen LogP contribution in [0.2, 0.25) is 0 Å². The van der Waals surface area contributed by atoms with E-state index in [1.54, 1.807) is 6.07 Å². The van der Waals surface area contributed by atoms with Crippen LogP contribution in [0.15, 0.2) is 18.2 Å². The number of rotatable bonds is 5. The van der Waals surface area contributed by atoms with Crippen molar-refractivity contribution in [3.8, 4) is 0 Å². The summed E-state index contributed by atoms with van der Waals surface area (Å²) >= 11 is 0. The number of hydrogen-bond donors (Lipinski definition) is 2. The van der Waals surface area contributed by atoms with E-state index in [2.05, 4.69) is 0 Å². The highest BCUT2D eigenvalue weighted by molar-refractivity contribution is 5.50. The zero-order valence-corrected chi connectivity index (χ0v) is 10.7. The predicted molar refractivity (Wildman–Crippen MR) is 68.6 cm³/mol. The SMILES string of the molecule is CC(C)N(CCO)c1ccc([C@@H](C)N)cc1F. The largest absolute Gasteiger partial charge is 0.395 e. The van der Waals surface area contributed by atoms with Crippen molar-refractivity contribution in [3.63, 3.8) is 0 Å². The van der Waals surface area contributed by atoms with Crippen LogP contribution < -0.4 is 10.6 Å². The van der Waals surface area contributed by atoms with E-state index in [0.717, 1.165) is 5.56 Å². The lowest BCUT2D eigenvalue weighted by molar-refractivity contribution is 0.298. The molecule has 0 amide bonds. The number of aliphatic hydroxyl groups is 1. The van der Waals surface area contributed by atoms with Crippen molar-refractivity contribution >= 4 is 5.69 Å². The van der Waals surface area contributed by atoms with Crippen LogP contribution in [-0.4, -0.2) is 24.3 Å². The molecule has 0 spiro atoms. The molecule has 0 aliphatic carbocycles. The third-order valence-corrected chi connectivity index (χ3v) is 2.77. The normalized spacial score (nSPS) is 12.9. The van der Waals surface area contributed by atoms with Crippen LogP contribution in [0.25, 0.3) is 0 Å². The van der Waals surface area contributed by atoms with Crippen LogP contribution in [0.3, 0.4) is 0 Å². The number of nitrogens with two attached hydrogens (primary N) is 1. The van der Waals surface area contributed by atoms with Gasteiger partial charge in [-0.15, -0.1) is 0 Å². The number of hydrogen-bond acceptors (Lipinski definition) is 3. The van der Waals surface area contributed by atoms with Crippen molar-refractivity contribution in [1.82, 2.24) is 0 Å². The van der Waals surface area contributed by atoms with E-state index in [1.807, 2.05) is 31.7 Å². The molecule has 0 aliphatic rings. The Bertz CT molecular complexity index is 366. The first-order valence-corrected chi connectivity index (χ1v) is 5.90. The Hall–Kier alpha value is -1.13. The van der Waals surface area contributed by atoms with E-state index >= 15 is 0 Å². The molecule has 1 atom stereocenters. The standard InChI is InChI=1S/C13H21FN2O/c1-9(2)16(6-7-17)13-5-4-11(10(3)15)8-12(13)14/h4-5,8-10,17H,6-7,15H2,1-3H3/t10-/m1/s1. The summed E-state index contributed by atoms with van der Waals surface area (Å²) in [5, 5.41) is 9.00. The summed E-state index contributed by atoms with van der Waals surface area (Å²) in [5.41, 5.74) is 7.00. The molecule has 0 heterocycles. The topological polar surface area (TPSA) is 49.5 Å². The Morgan fingerprint density at radius 1 is 1.35 bits per heavy atom. The molecule has 1 rings (SSSR count). The van der Waals surface area contributed by atoms with Crippen LogP contribution in [0, 0.1) is 5.82 Å². The summed E-state index contributed by atoms with van der Waals surface area (Å²) in [5.74, 6) is -0.290. The van der Waals surface area contributed by atoms with Gasteiger partial charge in [-0.05, 0) is 38.5 Å². The lowest BCUT2D eigenvalue weighted by atomic mass is 10.1. The molecule has 0 bridgehead atoms. The first-order valence-electron chi connectivity index (χ1n) is 5.90. The van der Waals surface area contributed by atoms with Crippen LogP contribution >= 0.6 is 0 Å². The second-order valence-corrected chi connectivity index (χ2v) is 4.51. The molecular weight excluding hydrogens is 219 g/mol. The molecule has 0 saturated heterocycles. The van der Waals surface area contributed by atoms with Gasteiger partial charge >= 0.3 is 0 Å². The summed E-state index contributed by atoms with van der Waals surface area (Å²) in [6.07, 6.45) is 0. The Labute approximate surface area is 102 Å². The summed E-state index contributed by atoms with van der Waals surface area (Å²) in [7, 11) is 0. The van der Waals surface area contributed by atoms with Crippen LogP contribution in [0.5, 0.6) is 0 Å². The number of benzene rings is 1. The van der Waals surface area contributed by atoms with Gasteiger partial charge in [0.2, 0.25) is 0 Å². The molecule has 0 aliphatic heterocycles. The fraction of sp³-hybridized carbons (Fsp3) is 0.538. The van der Waals surface area contributed by atoms with E-state index in [9.17, 15) is 4.39 Å². The predicted octanol–water partition coefficient (Wildman–Crippen LogP) is 2.05. The van der Waals surface area contributed by atoms with E-state index in [-0.39, 0.29) is 24.5 Å². The van der Waals surface area contributed by atoms with Crippen molar-refractivity contribution in [2.24, 2.45) is 5.73 Å². The van der Waals surface area contributed by atoms with Gasteiger partial charge < -0.3 is 15.7 Å². The number of nitrogens with zero attached hydrogens (tertiary/aromatic N) is 1. The third-order valence-electron chi connectivity index (χ3n) is 2.77. The van der Waals surface area contributed by atoms with E-state index < -0.39 is 0 Å². The van der Waals surface area contributed by atoms with Crippen molar-refractivity contribution in [1.29, 1.82) is 0 Å². The van der Waals surface area contributed by atoms with Gasteiger partial charge in [-0.1, -0.05) is 6.07 Å². The van der Waals surface area contributed by atoms with E-state index in [1.165, 1.54) is 6.07 Å². The van der Waals surface area contributed by atoms with Gasteiger partial charge in [-0.25, -0.2) is 4.39 Å². The first-order chi connectivity index (χ1) is 7.97. The minimum Gasteiger partial charge on any atom is -0.395 e. The average Bonchev–Trinajstić information content (AvgIpc) is 2.26. The highest BCUT2D eigenvalue weighted by Gasteiger charge is 2.15. The molecule has 96 valence electrons. The van der Waals surface area contributed by atoms with Crippen LogP contribution in [0.1, 0.15) is 32.4 Å². The van der Waals surface area contributed by atoms with E-state index in [4.69, 9.17) is 10.8 Å². The monoisotopic (exact) mass is 240 g/mol. The second kappa shape index (κ2) is 5.98. The van der Waals surface area contributed by atoms with Gasteiger partial charge in [0.25, 0.3) is 0 Å². The molecule has 0 aromatic heterocycles. The summed E-state index contributed by atoms with van der Waals surface area (Å²) in [6.45, 7) is 6.18. The third kappa shape index (κ3) is 3.41. The second-order valence-electron chi connectivity index (χ2n) is 4.51. The quantitative estimate of drug-likeness (QED) is 0.828. The number of anilines is 1. The Morgan fingerprint density at radius 3 is 2.41 bits per heavy atom. The van der Waals surface area contributed by atoms with Gasteiger partial charge in [0.15, 0.2) is 0 Å². The zero-order valence-electron chi connectivity index (χ0n) is 10.7. The van der Waals surface area contributed by atoms with Crippen molar-refractivity contribution < 1.29 is 9.50 Å². The molecule has 3 nitrogen and oxygen atoms in total. The van der Waals surface area contributed by atoms with Crippen LogP contribution in [0.4, 0.5) is 10.1 Å². The molecule has 3 N–H and O–H groups in total. The van der Waals surface area contributed by atoms with Crippen molar-refractivity contribution in [3.05, 3.63) is 29.6 Å². The highest BCUT2D eigenvalue weighted by atomic mass is 19.1. The number of aliphatic hydroxyl groups excluding tert-OH is 1. The van der Waals surface area contributed by atoms with Gasteiger partial charge in [-0.2, -0.15) is 0 Å². The molecule has 1 aromatic rings. The Morgan fingerprint density at radius 2 is 2.00 bits per heavy atom. The van der Waals surface area contributed by atoms with Gasteiger partial charge in [0.1, 0.15) is 5.82 Å². The smallest absolute Gasteiger partial charge is 0.146 e. The lowest BCUT2D eigenvalue weighted by Gasteiger charge is -2.29. The minimum atomic E-state index is -0.290. The summed E-state index contributed by atoms with van der Waals surface area (Å²) in [4.78, 5) is 1.83. The average molecular weight is 240 g/mol. The zero-order chi connectivity index (χ0) is 13.0. The first kappa shape index (κ1) is 13.9. The summed E-state index contributed by atoms with van der Waals surface area (Å²) < 4.78 is 14.0. The molecule has 0 unspecified atom stereocenters. The summed E-state index contributed by atoms with van der Waals surface area (Å²) in [6, 6.07) is 4.98. The highest BCUT2D eigenvalue weighted by Crippen LogP contribution is 2.24. The van der Waals surface area contributed by atoms with E-state index in [0.29, 0.717) is 12.2 Å². The van der Waals surface area contributed by atoms with Crippen molar-refractivity contribution in [2.75, 3.05) is 18.1 Å². The molecular formula is C13H21FN2O. The fourth-order valence-electron chi connectivity index (χ4n) is 1.80. The number of halogens is 1. The van der Waals surface area contributed by atoms with Crippen LogP contribution in [-0.2, 0) is 0 Å². The lowest BCUT2D eigenvalue weighted by Crippen LogP contribution is -2.34. The van der Waals surface area contributed by atoms with Gasteiger partial charge in [0, 0.05) is 18.6 Å². The van der Waals surface area contributed by atoms with Gasteiger partial charge in [0.05, 0.1) is 12.3 Å². The van der Waals surface area contributed by atoms with Crippen molar-refractivity contribution in [2.45, 2.75) is 32.9 Å². The molecule has 17 heavy (non-hydrogen) atoms. The Kier molecular flexibility index (Phi) is 4.90. The maximum Gasteiger partial charge on any atom is 0.146 e. The molecule has 4 heteroatoms.